The lowest BCUT2D eigenvalue weighted by atomic mass is 9.85. The minimum Gasteiger partial charge on any atom is -0.462 e. The maximum absolute atomic E-state index is 12.9. The predicted octanol–water partition coefficient (Wildman–Crippen LogP) is 6.00. The van der Waals surface area contributed by atoms with Gasteiger partial charge in [-0.1, -0.05) is 142 Å². The minimum atomic E-state index is -5.30. The SMILES string of the molecule is CCCCCCCCCCCCCCCC(=O)O[C@H](COC(=O)CCCCCCCCCCCCCN)COP(=O)(O)OC1C(O)[C@@H](O)C(OP(=O)(O)O)[C@@H](O)[C@H]1O. The number of esters is 2. The minimum absolute atomic E-state index is 0.0534. The molecule has 1 fully saturated rings. The highest BCUT2D eigenvalue weighted by atomic mass is 31.2. The summed E-state index contributed by atoms with van der Waals surface area (Å²) >= 11 is 0. The molecule has 0 aromatic rings. The molecule has 0 amide bonds. The summed E-state index contributed by atoms with van der Waals surface area (Å²) in [7, 11) is -10.6. The van der Waals surface area contributed by atoms with Crippen LogP contribution in [0.25, 0.3) is 0 Å². The number of hydrogen-bond donors (Lipinski definition) is 8. The van der Waals surface area contributed by atoms with Crippen LogP contribution in [-0.4, -0.2) is 110 Å². The number of carbonyl (C=O) groups excluding carboxylic acids is 2. The molecule has 19 heteroatoms. The van der Waals surface area contributed by atoms with Gasteiger partial charge in [-0.05, 0) is 25.8 Å². The zero-order valence-corrected chi connectivity index (χ0v) is 36.6. The Labute approximate surface area is 345 Å². The molecule has 1 aliphatic carbocycles. The Balaban J connectivity index is 2.61. The van der Waals surface area contributed by atoms with E-state index in [1.807, 2.05) is 0 Å². The number of phosphoric acid groups is 2. The van der Waals surface area contributed by atoms with E-state index in [0.717, 1.165) is 64.3 Å². The number of nitrogens with two attached hydrogens (primary N) is 1. The zero-order chi connectivity index (χ0) is 43.2. The third-order valence-electron chi connectivity index (χ3n) is 10.3. The van der Waals surface area contributed by atoms with Gasteiger partial charge in [-0.2, -0.15) is 0 Å². The Morgan fingerprint density at radius 3 is 1.29 bits per heavy atom. The Bertz CT molecular complexity index is 1150. The van der Waals surface area contributed by atoms with Crippen molar-refractivity contribution < 1.29 is 76.9 Å². The number of aliphatic hydroxyl groups is 4. The first-order valence-corrected chi connectivity index (χ1v) is 24.8. The molecular weight excluding hydrogens is 800 g/mol. The van der Waals surface area contributed by atoms with Crippen LogP contribution in [0.15, 0.2) is 0 Å². The average Bonchev–Trinajstić information content (AvgIpc) is 3.17. The molecule has 8 atom stereocenters. The first kappa shape index (κ1) is 55.0. The van der Waals surface area contributed by atoms with Crippen molar-refractivity contribution in [2.75, 3.05) is 19.8 Å². The molecule has 58 heavy (non-hydrogen) atoms. The highest BCUT2D eigenvalue weighted by Crippen LogP contribution is 2.48. The first-order chi connectivity index (χ1) is 27.6. The van der Waals surface area contributed by atoms with Gasteiger partial charge in [0.1, 0.15) is 43.2 Å². The zero-order valence-electron chi connectivity index (χ0n) is 34.8. The van der Waals surface area contributed by atoms with Crippen LogP contribution in [0.4, 0.5) is 0 Å². The van der Waals surface area contributed by atoms with Gasteiger partial charge in [0.2, 0.25) is 0 Å². The molecule has 0 radical (unpaired) electrons. The smallest absolute Gasteiger partial charge is 0.462 e. The number of aliphatic hydroxyl groups excluding tert-OH is 4. The number of hydrogen-bond acceptors (Lipinski definition) is 14. The fourth-order valence-corrected chi connectivity index (χ4v) is 8.40. The molecule has 344 valence electrons. The van der Waals surface area contributed by atoms with Crippen LogP contribution in [0, 0.1) is 0 Å². The molecule has 0 spiro atoms. The van der Waals surface area contributed by atoms with Crippen molar-refractivity contribution in [3.8, 4) is 0 Å². The lowest BCUT2D eigenvalue weighted by Gasteiger charge is -2.43. The maximum Gasteiger partial charge on any atom is 0.472 e. The van der Waals surface area contributed by atoms with Crippen molar-refractivity contribution in [1.82, 2.24) is 0 Å². The van der Waals surface area contributed by atoms with Crippen LogP contribution < -0.4 is 5.73 Å². The van der Waals surface area contributed by atoms with E-state index in [0.29, 0.717) is 12.8 Å². The lowest BCUT2D eigenvalue weighted by Crippen LogP contribution is -2.64. The summed E-state index contributed by atoms with van der Waals surface area (Å²) in [4.78, 5) is 53.8. The first-order valence-electron chi connectivity index (χ1n) is 21.8. The highest BCUT2D eigenvalue weighted by Gasteiger charge is 2.54. The van der Waals surface area contributed by atoms with Gasteiger partial charge in [0.05, 0.1) is 6.61 Å². The van der Waals surface area contributed by atoms with E-state index in [4.69, 9.17) is 34.0 Å². The fourth-order valence-electron chi connectivity index (χ4n) is 6.86. The second-order valence-corrected chi connectivity index (χ2v) is 18.2. The summed E-state index contributed by atoms with van der Waals surface area (Å²) in [5.74, 6) is -1.20. The number of phosphoric ester groups is 2. The maximum atomic E-state index is 12.9. The monoisotopic (exact) mass is 877 g/mol. The Morgan fingerprint density at radius 1 is 0.534 bits per heavy atom. The van der Waals surface area contributed by atoms with Crippen LogP contribution >= 0.6 is 15.6 Å². The quantitative estimate of drug-likeness (QED) is 0.0202. The Kier molecular flexibility index (Phi) is 30.9. The molecule has 0 aromatic carbocycles. The second-order valence-electron chi connectivity index (χ2n) is 15.6. The van der Waals surface area contributed by atoms with Gasteiger partial charge in [-0.15, -0.1) is 0 Å². The van der Waals surface area contributed by atoms with Gasteiger partial charge >= 0.3 is 27.6 Å². The van der Waals surface area contributed by atoms with Crippen molar-refractivity contribution in [1.29, 1.82) is 0 Å². The molecule has 0 aromatic heterocycles. The van der Waals surface area contributed by atoms with Gasteiger partial charge < -0.3 is 50.3 Å². The van der Waals surface area contributed by atoms with Gasteiger partial charge in [0, 0.05) is 12.8 Å². The molecule has 0 heterocycles. The lowest BCUT2D eigenvalue weighted by molar-refractivity contribution is -0.216. The molecule has 4 unspecified atom stereocenters. The molecule has 1 saturated carbocycles. The summed E-state index contributed by atoms with van der Waals surface area (Å²) < 4.78 is 49.0. The number of carbonyl (C=O) groups is 2. The van der Waals surface area contributed by atoms with Crippen LogP contribution in [0.3, 0.4) is 0 Å². The van der Waals surface area contributed by atoms with E-state index in [-0.39, 0.29) is 12.8 Å². The van der Waals surface area contributed by atoms with E-state index < -0.39 is 83.5 Å². The van der Waals surface area contributed by atoms with Gasteiger partial charge in [0.15, 0.2) is 6.10 Å². The molecule has 1 rings (SSSR count). The van der Waals surface area contributed by atoms with E-state index >= 15 is 0 Å². The van der Waals surface area contributed by atoms with E-state index in [1.165, 1.54) is 83.5 Å². The summed E-state index contributed by atoms with van der Waals surface area (Å²) in [6.07, 6.45) is 11.8. The van der Waals surface area contributed by atoms with Gasteiger partial charge in [0.25, 0.3) is 0 Å². The van der Waals surface area contributed by atoms with Crippen molar-refractivity contribution in [3.05, 3.63) is 0 Å². The molecule has 0 bridgehead atoms. The van der Waals surface area contributed by atoms with Crippen molar-refractivity contribution >= 4 is 27.6 Å². The van der Waals surface area contributed by atoms with Gasteiger partial charge in [-0.25, -0.2) is 9.13 Å². The standard InChI is InChI=1S/C39H77NO16P2/c1-2-3-4-5-6-7-8-9-11-15-18-21-24-27-33(42)54-31(29-52-32(41)26-23-20-17-14-12-10-13-16-19-22-25-28-40)30-53-58(50,51)56-39-36(45)34(43)38(35(44)37(39)46)55-57(47,48)49/h31,34-39,43-46H,2-30,40H2,1H3,(H,50,51)(H2,47,48,49)/t31-,34-,35+,36?,37-,38?,39?/m1/s1. The molecule has 1 aliphatic rings. The third kappa shape index (κ3) is 27.0. The molecular formula is C39H77NO16P2. The molecule has 9 N–H and O–H groups in total. The second kappa shape index (κ2) is 32.6. The van der Waals surface area contributed by atoms with Crippen molar-refractivity contribution in [2.24, 2.45) is 5.73 Å². The van der Waals surface area contributed by atoms with Crippen LogP contribution in [-0.2, 0) is 41.8 Å². The summed E-state index contributed by atoms with van der Waals surface area (Å²) in [5, 5.41) is 41.3. The Hall–Kier alpha value is -1.04. The number of ether oxygens (including phenoxy) is 2. The van der Waals surface area contributed by atoms with E-state index in [9.17, 15) is 44.0 Å². The van der Waals surface area contributed by atoms with Gasteiger partial charge in [-0.3, -0.25) is 23.2 Å². The largest absolute Gasteiger partial charge is 0.472 e. The number of rotatable bonds is 37. The van der Waals surface area contributed by atoms with E-state index in [1.54, 1.807) is 0 Å². The average molecular weight is 878 g/mol. The summed E-state index contributed by atoms with van der Waals surface area (Å²) in [6, 6.07) is 0. The topological polar surface area (TPSA) is 282 Å². The van der Waals surface area contributed by atoms with Crippen LogP contribution in [0.2, 0.25) is 0 Å². The summed E-state index contributed by atoms with van der Waals surface area (Å²) in [6.45, 7) is 1.64. The predicted molar refractivity (Wildman–Crippen MR) is 217 cm³/mol. The van der Waals surface area contributed by atoms with E-state index in [2.05, 4.69) is 11.4 Å². The highest BCUT2D eigenvalue weighted by molar-refractivity contribution is 7.47. The van der Waals surface area contributed by atoms with Crippen LogP contribution in [0.5, 0.6) is 0 Å². The summed E-state index contributed by atoms with van der Waals surface area (Å²) in [5.41, 5.74) is 5.53. The Morgan fingerprint density at radius 2 is 0.897 bits per heavy atom. The fraction of sp³-hybridized carbons (Fsp3) is 0.949. The van der Waals surface area contributed by atoms with Crippen molar-refractivity contribution in [3.63, 3.8) is 0 Å². The van der Waals surface area contributed by atoms with Crippen LogP contribution in [0.1, 0.15) is 174 Å². The van der Waals surface area contributed by atoms with Crippen molar-refractivity contribution in [2.45, 2.75) is 217 Å². The molecule has 0 aliphatic heterocycles. The third-order valence-corrected chi connectivity index (χ3v) is 11.8. The normalized spacial score (nSPS) is 22.7. The molecule has 17 nitrogen and oxygen atoms in total. The number of unbranched alkanes of at least 4 members (excludes halogenated alkanes) is 22. The molecule has 0 saturated heterocycles.